The van der Waals surface area contributed by atoms with Crippen LogP contribution in [0.25, 0.3) is 11.4 Å². The van der Waals surface area contributed by atoms with Gasteiger partial charge in [0.05, 0.1) is 11.9 Å². The minimum Gasteiger partial charge on any atom is -0.336 e. The van der Waals surface area contributed by atoms with Crippen LogP contribution in [0.1, 0.15) is 16.2 Å². The number of hydrogen-bond acceptors (Lipinski definition) is 3. The van der Waals surface area contributed by atoms with E-state index in [0.717, 1.165) is 12.3 Å². The highest BCUT2D eigenvalue weighted by Gasteiger charge is 2.32. The molecule has 4 nitrogen and oxygen atoms in total. The van der Waals surface area contributed by atoms with Crippen molar-refractivity contribution in [1.29, 1.82) is 0 Å². The summed E-state index contributed by atoms with van der Waals surface area (Å²) in [6.07, 6.45) is -1.68. The maximum atomic E-state index is 12.4. The van der Waals surface area contributed by atoms with Crippen molar-refractivity contribution in [3.05, 3.63) is 35.9 Å². The summed E-state index contributed by atoms with van der Waals surface area (Å²) in [6, 6.07) is 2.25. The van der Waals surface area contributed by atoms with Gasteiger partial charge >= 0.3 is 6.18 Å². The molecule has 0 radical (unpaired) electrons. The first-order valence-corrected chi connectivity index (χ1v) is 4.54. The van der Waals surface area contributed by atoms with Gasteiger partial charge in [-0.05, 0) is 12.1 Å². The predicted molar refractivity (Wildman–Crippen MR) is 52.2 cm³/mol. The van der Waals surface area contributed by atoms with Gasteiger partial charge in [0.1, 0.15) is 11.5 Å². The number of halogens is 3. The van der Waals surface area contributed by atoms with E-state index < -0.39 is 11.9 Å². The van der Waals surface area contributed by atoms with Crippen LogP contribution in [0.15, 0.2) is 24.5 Å². The van der Waals surface area contributed by atoms with E-state index in [1.54, 1.807) is 0 Å². The van der Waals surface area contributed by atoms with Crippen molar-refractivity contribution in [2.75, 3.05) is 0 Å². The fraction of sp³-hybridized carbons (Fsp3) is 0.100. The lowest BCUT2D eigenvalue weighted by Gasteiger charge is -2.05. The number of imidazole rings is 1. The lowest BCUT2D eigenvalue weighted by Crippen LogP contribution is -2.07. The predicted octanol–water partition coefficient (Wildman–Crippen LogP) is 2.30. The minimum absolute atomic E-state index is 0.194. The van der Waals surface area contributed by atoms with Gasteiger partial charge in [-0.25, -0.2) is 4.98 Å². The number of nitrogens with one attached hydrogen (secondary N) is 1. The molecule has 17 heavy (non-hydrogen) atoms. The number of aromatic nitrogens is 3. The third-order valence-corrected chi connectivity index (χ3v) is 2.05. The van der Waals surface area contributed by atoms with Crippen molar-refractivity contribution in [3.8, 4) is 11.4 Å². The molecule has 0 aliphatic carbocycles. The van der Waals surface area contributed by atoms with E-state index in [0.29, 0.717) is 6.29 Å². The molecule has 2 rings (SSSR count). The van der Waals surface area contributed by atoms with E-state index in [9.17, 15) is 18.0 Å². The van der Waals surface area contributed by atoms with Crippen molar-refractivity contribution in [1.82, 2.24) is 15.0 Å². The van der Waals surface area contributed by atoms with Crippen LogP contribution in [-0.2, 0) is 6.18 Å². The number of hydrogen-bond donors (Lipinski definition) is 1. The van der Waals surface area contributed by atoms with Gasteiger partial charge in [0.15, 0.2) is 6.29 Å². The van der Waals surface area contributed by atoms with Crippen molar-refractivity contribution < 1.29 is 18.0 Å². The molecule has 1 N–H and O–H groups in total. The van der Waals surface area contributed by atoms with Crippen LogP contribution in [0.2, 0.25) is 0 Å². The van der Waals surface area contributed by atoms with Crippen LogP contribution in [0.4, 0.5) is 13.2 Å². The van der Waals surface area contributed by atoms with E-state index in [4.69, 9.17) is 0 Å². The van der Waals surface area contributed by atoms with Crippen molar-refractivity contribution in [2.24, 2.45) is 0 Å². The molecule has 0 atom stereocenters. The van der Waals surface area contributed by atoms with Gasteiger partial charge in [-0.2, -0.15) is 13.2 Å². The Morgan fingerprint density at radius 1 is 1.29 bits per heavy atom. The molecule has 0 aromatic carbocycles. The molecule has 0 fully saturated rings. The first-order chi connectivity index (χ1) is 8.00. The number of aldehydes is 1. The molecular weight excluding hydrogens is 235 g/mol. The largest absolute Gasteiger partial charge is 0.433 e. The zero-order valence-corrected chi connectivity index (χ0v) is 8.32. The van der Waals surface area contributed by atoms with Crippen molar-refractivity contribution in [2.45, 2.75) is 6.18 Å². The molecule has 0 aliphatic heterocycles. The van der Waals surface area contributed by atoms with Gasteiger partial charge in [0.2, 0.25) is 0 Å². The summed E-state index contributed by atoms with van der Waals surface area (Å²) in [7, 11) is 0. The summed E-state index contributed by atoms with van der Waals surface area (Å²) in [4.78, 5) is 20.0. The van der Waals surface area contributed by atoms with Crippen molar-refractivity contribution >= 4 is 6.29 Å². The summed E-state index contributed by atoms with van der Waals surface area (Å²) < 4.78 is 37.2. The Kier molecular flexibility index (Phi) is 2.66. The highest BCUT2D eigenvalue weighted by molar-refractivity contribution is 5.73. The molecule has 0 unspecified atom stereocenters. The summed E-state index contributed by atoms with van der Waals surface area (Å²) in [6.45, 7) is 0. The standard InChI is InChI=1S/C10H6F3N3O/c11-10(12,13)8-3-6(1-2-14-8)9-15-4-7(5-17)16-9/h1-5H,(H,15,16). The summed E-state index contributed by atoms with van der Waals surface area (Å²) in [5, 5.41) is 0. The maximum absolute atomic E-state index is 12.4. The Morgan fingerprint density at radius 3 is 2.65 bits per heavy atom. The number of carbonyl (C=O) groups excluding carboxylic acids is 1. The fourth-order valence-electron chi connectivity index (χ4n) is 1.27. The number of rotatable bonds is 2. The molecule has 2 aromatic heterocycles. The topological polar surface area (TPSA) is 58.6 Å². The molecule has 0 amide bonds. The molecule has 7 heteroatoms. The van der Waals surface area contributed by atoms with E-state index in [1.807, 2.05) is 0 Å². The molecular formula is C10H6F3N3O. The van der Waals surface area contributed by atoms with Gasteiger partial charge < -0.3 is 4.98 Å². The van der Waals surface area contributed by atoms with Gasteiger partial charge in [0.25, 0.3) is 0 Å². The molecule has 2 heterocycles. The summed E-state index contributed by atoms with van der Waals surface area (Å²) >= 11 is 0. The van der Waals surface area contributed by atoms with Crippen LogP contribution in [-0.4, -0.2) is 21.2 Å². The number of nitrogens with zero attached hydrogens (tertiary/aromatic N) is 2. The Hall–Kier alpha value is -2.18. The summed E-state index contributed by atoms with van der Waals surface area (Å²) in [5.74, 6) is 0.194. The van der Waals surface area contributed by atoms with Crippen LogP contribution in [0.5, 0.6) is 0 Å². The van der Waals surface area contributed by atoms with Crippen LogP contribution < -0.4 is 0 Å². The minimum atomic E-state index is -4.50. The van der Waals surface area contributed by atoms with E-state index in [2.05, 4.69) is 15.0 Å². The van der Waals surface area contributed by atoms with Crippen LogP contribution >= 0.6 is 0 Å². The first-order valence-electron chi connectivity index (χ1n) is 4.54. The third-order valence-electron chi connectivity index (χ3n) is 2.05. The smallest absolute Gasteiger partial charge is 0.336 e. The lowest BCUT2D eigenvalue weighted by molar-refractivity contribution is -0.141. The Balaban J connectivity index is 2.42. The molecule has 0 saturated carbocycles. The van der Waals surface area contributed by atoms with Crippen LogP contribution in [0, 0.1) is 0 Å². The fourth-order valence-corrected chi connectivity index (χ4v) is 1.27. The van der Waals surface area contributed by atoms with E-state index >= 15 is 0 Å². The number of aromatic amines is 1. The van der Waals surface area contributed by atoms with E-state index in [-0.39, 0.29) is 17.1 Å². The lowest BCUT2D eigenvalue weighted by atomic mass is 10.2. The average Bonchev–Trinajstić information content (AvgIpc) is 2.76. The second-order valence-electron chi connectivity index (χ2n) is 3.23. The zero-order valence-electron chi connectivity index (χ0n) is 8.32. The highest BCUT2D eigenvalue weighted by atomic mass is 19.4. The second-order valence-corrected chi connectivity index (χ2v) is 3.23. The number of pyridine rings is 1. The third kappa shape index (κ3) is 2.32. The van der Waals surface area contributed by atoms with Crippen molar-refractivity contribution in [3.63, 3.8) is 0 Å². The second kappa shape index (κ2) is 4.00. The van der Waals surface area contributed by atoms with Crippen LogP contribution in [0.3, 0.4) is 0 Å². The van der Waals surface area contributed by atoms with Gasteiger partial charge in [-0.3, -0.25) is 9.78 Å². The Labute approximate surface area is 93.5 Å². The molecule has 2 aromatic rings. The Morgan fingerprint density at radius 2 is 2.06 bits per heavy atom. The number of H-pyrrole nitrogens is 1. The maximum Gasteiger partial charge on any atom is 0.433 e. The number of carbonyl (C=O) groups is 1. The van der Waals surface area contributed by atoms with Gasteiger partial charge in [-0.1, -0.05) is 0 Å². The number of alkyl halides is 3. The molecule has 0 aliphatic rings. The zero-order chi connectivity index (χ0) is 12.5. The van der Waals surface area contributed by atoms with Gasteiger partial charge in [0, 0.05) is 11.8 Å². The Bertz CT molecular complexity index is 548. The molecule has 0 spiro atoms. The molecule has 0 bridgehead atoms. The monoisotopic (exact) mass is 241 g/mol. The molecule has 0 saturated heterocycles. The quantitative estimate of drug-likeness (QED) is 0.820. The van der Waals surface area contributed by atoms with E-state index in [1.165, 1.54) is 12.3 Å². The SMILES string of the molecule is O=Cc1cnc(-c2ccnc(C(F)(F)F)c2)[nH]1. The summed E-state index contributed by atoms with van der Waals surface area (Å²) in [5.41, 5.74) is -0.579. The van der Waals surface area contributed by atoms with Gasteiger partial charge in [-0.15, -0.1) is 0 Å². The average molecular weight is 241 g/mol. The molecule has 88 valence electrons. The highest BCUT2D eigenvalue weighted by Crippen LogP contribution is 2.29. The normalized spacial score (nSPS) is 11.5. The first kappa shape index (κ1) is 11.3.